The molecule has 0 aliphatic rings. The number of carbonyl (C=O) groups is 1. The van der Waals surface area contributed by atoms with Crippen molar-refractivity contribution < 1.29 is 9.18 Å². The van der Waals surface area contributed by atoms with Gasteiger partial charge in [0.2, 0.25) is 0 Å². The minimum absolute atomic E-state index is 0.154. The van der Waals surface area contributed by atoms with Gasteiger partial charge in [0.15, 0.2) is 0 Å². The maximum Gasteiger partial charge on any atom is 0.254 e. The van der Waals surface area contributed by atoms with E-state index in [4.69, 9.17) is 11.5 Å². The molecule has 1 aromatic heterocycles. The molecular formula is C11H11FN4O. The number of rotatable bonds is 2. The third-order valence-electron chi connectivity index (χ3n) is 2.41. The Hall–Kier alpha value is -2.37. The van der Waals surface area contributed by atoms with Crippen LogP contribution in [0, 0.1) is 12.7 Å². The third-order valence-corrected chi connectivity index (χ3v) is 2.41. The van der Waals surface area contributed by atoms with Crippen molar-refractivity contribution in [2.75, 3.05) is 5.73 Å². The summed E-state index contributed by atoms with van der Waals surface area (Å²) in [6, 6.07) is 5.61. The van der Waals surface area contributed by atoms with E-state index in [2.05, 4.69) is 5.10 Å². The number of nitrogens with zero attached hydrogens (tertiary/aromatic N) is 2. The molecule has 0 atom stereocenters. The Labute approximate surface area is 96.8 Å². The maximum absolute atomic E-state index is 12.8. The van der Waals surface area contributed by atoms with Gasteiger partial charge in [-0.2, -0.15) is 5.10 Å². The Kier molecular flexibility index (Phi) is 2.55. The van der Waals surface area contributed by atoms with Gasteiger partial charge in [0, 0.05) is 0 Å². The largest absolute Gasteiger partial charge is 0.383 e. The second-order valence-electron chi connectivity index (χ2n) is 3.60. The van der Waals surface area contributed by atoms with Crippen LogP contribution in [0.5, 0.6) is 0 Å². The molecule has 0 bridgehead atoms. The second-order valence-corrected chi connectivity index (χ2v) is 3.60. The first kappa shape index (κ1) is 11.1. The molecule has 88 valence electrons. The summed E-state index contributed by atoms with van der Waals surface area (Å²) >= 11 is 0. The highest BCUT2D eigenvalue weighted by Crippen LogP contribution is 2.20. The Balaban J connectivity index is 2.57. The van der Waals surface area contributed by atoms with Crippen molar-refractivity contribution in [3.63, 3.8) is 0 Å². The van der Waals surface area contributed by atoms with E-state index in [0.29, 0.717) is 11.4 Å². The van der Waals surface area contributed by atoms with Gasteiger partial charge in [-0.05, 0) is 31.2 Å². The molecule has 17 heavy (non-hydrogen) atoms. The number of nitrogens with two attached hydrogens (primary N) is 2. The molecular weight excluding hydrogens is 223 g/mol. The second kappa shape index (κ2) is 3.89. The summed E-state index contributed by atoms with van der Waals surface area (Å²) < 4.78 is 14.1. The van der Waals surface area contributed by atoms with Gasteiger partial charge in [-0.15, -0.1) is 0 Å². The highest BCUT2D eigenvalue weighted by Gasteiger charge is 2.17. The number of carbonyl (C=O) groups excluding carboxylic acids is 1. The zero-order valence-electron chi connectivity index (χ0n) is 9.14. The van der Waals surface area contributed by atoms with Gasteiger partial charge < -0.3 is 11.5 Å². The number of hydrogen-bond acceptors (Lipinski definition) is 3. The number of anilines is 1. The van der Waals surface area contributed by atoms with Crippen LogP contribution in [-0.2, 0) is 0 Å². The first-order valence-corrected chi connectivity index (χ1v) is 4.91. The van der Waals surface area contributed by atoms with E-state index in [1.54, 1.807) is 6.92 Å². The average molecular weight is 234 g/mol. The van der Waals surface area contributed by atoms with Crippen molar-refractivity contribution in [2.24, 2.45) is 5.73 Å². The molecule has 1 aromatic carbocycles. The molecule has 0 radical (unpaired) electrons. The van der Waals surface area contributed by atoms with Crippen molar-refractivity contribution in [1.29, 1.82) is 0 Å². The third kappa shape index (κ3) is 1.84. The number of hydrogen-bond donors (Lipinski definition) is 2. The van der Waals surface area contributed by atoms with E-state index >= 15 is 0 Å². The van der Waals surface area contributed by atoms with Gasteiger partial charge in [0.25, 0.3) is 5.91 Å². The Morgan fingerprint density at radius 3 is 2.41 bits per heavy atom. The fourth-order valence-electron chi connectivity index (χ4n) is 1.63. The monoisotopic (exact) mass is 234 g/mol. The Bertz CT molecular complexity index is 574. The molecule has 4 N–H and O–H groups in total. The van der Waals surface area contributed by atoms with Crippen molar-refractivity contribution in [3.05, 3.63) is 41.3 Å². The summed E-state index contributed by atoms with van der Waals surface area (Å²) in [7, 11) is 0. The minimum Gasteiger partial charge on any atom is -0.383 e. The number of aromatic nitrogens is 2. The van der Waals surface area contributed by atoms with E-state index in [0.717, 1.165) is 0 Å². The van der Waals surface area contributed by atoms with Gasteiger partial charge in [-0.3, -0.25) is 4.79 Å². The Morgan fingerprint density at radius 1 is 1.35 bits per heavy atom. The lowest BCUT2D eigenvalue weighted by Crippen LogP contribution is -2.14. The molecule has 2 rings (SSSR count). The van der Waals surface area contributed by atoms with E-state index in [1.807, 2.05) is 0 Å². The normalized spacial score (nSPS) is 10.5. The van der Waals surface area contributed by atoms with Crippen LogP contribution in [-0.4, -0.2) is 15.7 Å². The van der Waals surface area contributed by atoms with Crippen LogP contribution >= 0.6 is 0 Å². The predicted molar refractivity (Wildman–Crippen MR) is 61.2 cm³/mol. The van der Waals surface area contributed by atoms with E-state index < -0.39 is 5.91 Å². The van der Waals surface area contributed by atoms with Crippen LogP contribution in [0.3, 0.4) is 0 Å². The summed E-state index contributed by atoms with van der Waals surface area (Å²) in [5.74, 6) is -0.832. The van der Waals surface area contributed by atoms with Crippen LogP contribution in [0.2, 0.25) is 0 Å². The quantitative estimate of drug-likeness (QED) is 0.812. The maximum atomic E-state index is 12.8. The molecule has 1 amide bonds. The van der Waals surface area contributed by atoms with Gasteiger partial charge in [-0.1, -0.05) is 0 Å². The lowest BCUT2D eigenvalue weighted by atomic mass is 10.2. The number of amides is 1. The molecule has 2 aromatic rings. The number of primary amides is 1. The van der Waals surface area contributed by atoms with E-state index in [1.165, 1.54) is 28.9 Å². The first-order chi connectivity index (χ1) is 8.00. The fraction of sp³-hybridized carbons (Fsp3) is 0.0909. The molecule has 0 spiro atoms. The summed E-state index contributed by atoms with van der Waals surface area (Å²) in [6.45, 7) is 1.64. The van der Waals surface area contributed by atoms with Gasteiger partial charge in [0.1, 0.15) is 17.2 Å². The van der Waals surface area contributed by atoms with Gasteiger partial charge in [0.05, 0.1) is 11.4 Å². The van der Waals surface area contributed by atoms with E-state index in [9.17, 15) is 9.18 Å². The van der Waals surface area contributed by atoms with Gasteiger partial charge >= 0.3 is 0 Å². The average Bonchev–Trinajstić information content (AvgIpc) is 2.55. The number of nitrogen functional groups attached to an aromatic ring is 1. The smallest absolute Gasteiger partial charge is 0.254 e. The zero-order chi connectivity index (χ0) is 12.6. The standard InChI is InChI=1S/C11H11FN4O/c1-6-9(11(14)17)10(13)16(15-6)8-4-2-7(12)3-5-8/h2-5H,13H2,1H3,(H2,14,17). The zero-order valence-corrected chi connectivity index (χ0v) is 9.14. The highest BCUT2D eigenvalue weighted by atomic mass is 19.1. The summed E-state index contributed by atoms with van der Waals surface area (Å²) in [6.07, 6.45) is 0. The van der Waals surface area contributed by atoms with Crippen LogP contribution in [0.1, 0.15) is 16.1 Å². The van der Waals surface area contributed by atoms with Crippen LogP contribution in [0.15, 0.2) is 24.3 Å². The highest BCUT2D eigenvalue weighted by molar-refractivity contribution is 5.98. The van der Waals surface area contributed by atoms with Crippen LogP contribution < -0.4 is 11.5 Å². The molecule has 6 heteroatoms. The molecule has 0 unspecified atom stereocenters. The first-order valence-electron chi connectivity index (χ1n) is 4.91. The van der Waals surface area contributed by atoms with Crippen molar-refractivity contribution in [2.45, 2.75) is 6.92 Å². The van der Waals surface area contributed by atoms with Crippen LogP contribution in [0.25, 0.3) is 5.69 Å². The summed E-state index contributed by atoms with van der Waals surface area (Å²) in [4.78, 5) is 11.2. The SMILES string of the molecule is Cc1nn(-c2ccc(F)cc2)c(N)c1C(N)=O. The molecule has 0 saturated heterocycles. The molecule has 0 saturated carbocycles. The predicted octanol–water partition coefficient (Wildman–Crippen LogP) is 1.00. The van der Waals surface area contributed by atoms with Crippen LogP contribution in [0.4, 0.5) is 10.2 Å². The Morgan fingerprint density at radius 2 is 1.94 bits per heavy atom. The molecule has 0 aliphatic heterocycles. The molecule has 5 nitrogen and oxygen atoms in total. The molecule has 1 heterocycles. The van der Waals surface area contributed by atoms with E-state index in [-0.39, 0.29) is 17.2 Å². The summed E-state index contributed by atoms with van der Waals surface area (Å²) in [5.41, 5.74) is 12.2. The molecule has 0 aliphatic carbocycles. The fourth-order valence-corrected chi connectivity index (χ4v) is 1.63. The minimum atomic E-state index is -0.631. The number of halogens is 1. The van der Waals surface area contributed by atoms with Crippen molar-refractivity contribution in [1.82, 2.24) is 9.78 Å². The van der Waals surface area contributed by atoms with Gasteiger partial charge in [-0.25, -0.2) is 9.07 Å². The lowest BCUT2D eigenvalue weighted by molar-refractivity contribution is 0.100. The van der Waals surface area contributed by atoms with Crippen molar-refractivity contribution >= 4 is 11.7 Å². The molecule has 0 fully saturated rings. The summed E-state index contributed by atoms with van der Waals surface area (Å²) in [5, 5.41) is 4.10. The topological polar surface area (TPSA) is 86.9 Å². The van der Waals surface area contributed by atoms with Crippen molar-refractivity contribution in [3.8, 4) is 5.69 Å². The number of aryl methyl sites for hydroxylation is 1. The lowest BCUT2D eigenvalue weighted by Gasteiger charge is -2.03. The number of benzene rings is 1.